The van der Waals surface area contributed by atoms with E-state index in [-0.39, 0.29) is 0 Å². The highest BCUT2D eigenvalue weighted by Crippen LogP contribution is 2.28. The van der Waals surface area contributed by atoms with Crippen molar-refractivity contribution in [3.05, 3.63) is 46.4 Å². The summed E-state index contributed by atoms with van der Waals surface area (Å²) in [6.45, 7) is 3.37. The van der Waals surface area contributed by atoms with Gasteiger partial charge in [-0.05, 0) is 43.0 Å². The second kappa shape index (κ2) is 5.82. The van der Waals surface area contributed by atoms with Crippen LogP contribution < -0.4 is 0 Å². The molecule has 3 aromatic rings. The average molecular weight is 312 g/mol. The molecule has 0 N–H and O–H groups in total. The van der Waals surface area contributed by atoms with Gasteiger partial charge in [-0.1, -0.05) is 6.07 Å². The number of likely N-dealkylation sites (tertiary alicyclic amines) is 1. The Morgan fingerprint density at radius 3 is 3.14 bits per heavy atom. The fraction of sp³-hybridized carbons (Fsp3) is 0.412. The molecule has 1 aliphatic heterocycles. The SMILES string of the molecule is Cn1ncc2ccc([C@@H]3CCCN(Cc4cccs4)C3)nc21. The maximum Gasteiger partial charge on any atom is 0.157 e. The van der Waals surface area contributed by atoms with Crippen LogP contribution in [0.2, 0.25) is 0 Å². The molecule has 114 valence electrons. The van der Waals surface area contributed by atoms with Gasteiger partial charge >= 0.3 is 0 Å². The van der Waals surface area contributed by atoms with Gasteiger partial charge in [0.25, 0.3) is 0 Å². The molecule has 0 aromatic carbocycles. The first-order chi connectivity index (χ1) is 10.8. The highest BCUT2D eigenvalue weighted by Gasteiger charge is 2.23. The molecule has 5 heteroatoms. The van der Waals surface area contributed by atoms with Gasteiger partial charge in [-0.3, -0.25) is 9.58 Å². The fourth-order valence-corrected chi connectivity index (χ4v) is 4.07. The van der Waals surface area contributed by atoms with Crippen molar-refractivity contribution in [1.82, 2.24) is 19.7 Å². The predicted molar refractivity (Wildman–Crippen MR) is 90.1 cm³/mol. The molecule has 22 heavy (non-hydrogen) atoms. The van der Waals surface area contributed by atoms with Crippen LogP contribution in [0.1, 0.15) is 29.3 Å². The van der Waals surface area contributed by atoms with E-state index in [0.29, 0.717) is 5.92 Å². The summed E-state index contributed by atoms with van der Waals surface area (Å²) in [6.07, 6.45) is 4.37. The van der Waals surface area contributed by atoms with Gasteiger partial charge in [0.15, 0.2) is 5.65 Å². The summed E-state index contributed by atoms with van der Waals surface area (Å²) in [6, 6.07) is 8.71. The van der Waals surface area contributed by atoms with Gasteiger partial charge < -0.3 is 0 Å². The van der Waals surface area contributed by atoms with Crippen LogP contribution in [0.3, 0.4) is 0 Å². The number of nitrogens with zero attached hydrogens (tertiary/aromatic N) is 4. The minimum Gasteiger partial charge on any atom is -0.298 e. The van der Waals surface area contributed by atoms with Crippen LogP contribution >= 0.6 is 11.3 Å². The molecular weight excluding hydrogens is 292 g/mol. The van der Waals surface area contributed by atoms with Gasteiger partial charge in [0, 0.05) is 42.0 Å². The second-order valence-corrected chi connectivity index (χ2v) is 7.10. The van der Waals surface area contributed by atoms with E-state index >= 15 is 0 Å². The Morgan fingerprint density at radius 2 is 2.27 bits per heavy atom. The third-order valence-electron chi connectivity index (χ3n) is 4.49. The minimum atomic E-state index is 0.535. The van der Waals surface area contributed by atoms with Crippen molar-refractivity contribution in [3.8, 4) is 0 Å². The predicted octanol–water partition coefficient (Wildman–Crippen LogP) is 3.41. The van der Waals surface area contributed by atoms with Crippen LogP contribution in [0.4, 0.5) is 0 Å². The maximum absolute atomic E-state index is 4.87. The standard InChI is InChI=1S/C17H20N4S/c1-20-17-13(10-18-20)6-7-16(19-17)14-4-2-8-21(11-14)12-15-5-3-9-22-15/h3,5-7,9-10,14H,2,4,8,11-12H2,1H3/t14-/m1/s1. The number of piperidine rings is 1. The molecule has 0 aliphatic carbocycles. The molecule has 0 radical (unpaired) electrons. The van der Waals surface area contributed by atoms with Crippen molar-refractivity contribution < 1.29 is 0 Å². The molecule has 0 spiro atoms. The normalized spacial score (nSPS) is 19.8. The van der Waals surface area contributed by atoms with Crippen molar-refractivity contribution in [1.29, 1.82) is 0 Å². The van der Waals surface area contributed by atoms with Gasteiger partial charge in [-0.2, -0.15) is 5.10 Å². The Bertz CT molecular complexity index is 762. The Morgan fingerprint density at radius 1 is 1.32 bits per heavy atom. The summed E-state index contributed by atoms with van der Waals surface area (Å²) in [4.78, 5) is 8.89. The first-order valence-corrected chi connectivity index (χ1v) is 8.71. The van der Waals surface area contributed by atoms with Crippen molar-refractivity contribution in [2.45, 2.75) is 25.3 Å². The highest BCUT2D eigenvalue weighted by atomic mass is 32.1. The lowest BCUT2D eigenvalue weighted by atomic mass is 9.94. The molecule has 1 saturated heterocycles. The van der Waals surface area contributed by atoms with Gasteiger partial charge in [0.2, 0.25) is 0 Å². The first kappa shape index (κ1) is 13.9. The van der Waals surface area contributed by atoms with E-state index in [2.05, 4.69) is 39.6 Å². The number of thiophene rings is 1. The molecule has 0 unspecified atom stereocenters. The third kappa shape index (κ3) is 2.66. The second-order valence-electron chi connectivity index (χ2n) is 6.07. The van der Waals surface area contributed by atoms with Gasteiger partial charge in [-0.25, -0.2) is 4.98 Å². The smallest absolute Gasteiger partial charge is 0.157 e. The molecule has 1 aliphatic rings. The largest absolute Gasteiger partial charge is 0.298 e. The summed E-state index contributed by atoms with van der Waals surface area (Å²) >= 11 is 1.85. The summed E-state index contributed by atoms with van der Waals surface area (Å²) in [5.41, 5.74) is 2.21. The minimum absolute atomic E-state index is 0.535. The summed E-state index contributed by atoms with van der Waals surface area (Å²) in [5.74, 6) is 0.535. The Labute approximate surface area is 134 Å². The van der Waals surface area contributed by atoms with Crippen molar-refractivity contribution in [2.24, 2.45) is 7.05 Å². The van der Waals surface area contributed by atoms with Crippen LogP contribution in [0.5, 0.6) is 0 Å². The van der Waals surface area contributed by atoms with E-state index < -0.39 is 0 Å². The monoisotopic (exact) mass is 312 g/mol. The number of hydrogen-bond donors (Lipinski definition) is 0. The fourth-order valence-electron chi connectivity index (χ4n) is 3.33. The lowest BCUT2D eigenvalue weighted by Gasteiger charge is -2.32. The summed E-state index contributed by atoms with van der Waals surface area (Å²) in [7, 11) is 1.96. The number of hydrogen-bond acceptors (Lipinski definition) is 4. The van der Waals surface area contributed by atoms with E-state index in [9.17, 15) is 0 Å². The molecule has 1 fully saturated rings. The van der Waals surface area contributed by atoms with Crippen molar-refractivity contribution in [2.75, 3.05) is 13.1 Å². The Balaban J connectivity index is 1.54. The number of rotatable bonds is 3. The molecule has 3 aromatic heterocycles. The number of aryl methyl sites for hydroxylation is 1. The third-order valence-corrected chi connectivity index (χ3v) is 5.35. The molecule has 4 nitrogen and oxygen atoms in total. The average Bonchev–Trinajstić information content (AvgIpc) is 3.18. The van der Waals surface area contributed by atoms with E-state index in [1.54, 1.807) is 0 Å². The van der Waals surface area contributed by atoms with Crippen LogP contribution in [-0.2, 0) is 13.6 Å². The molecule has 0 saturated carbocycles. The lowest BCUT2D eigenvalue weighted by molar-refractivity contribution is 0.200. The summed E-state index contributed by atoms with van der Waals surface area (Å²) in [5, 5.41) is 7.58. The van der Waals surface area contributed by atoms with Crippen LogP contribution in [0, 0.1) is 0 Å². The van der Waals surface area contributed by atoms with Crippen molar-refractivity contribution >= 4 is 22.4 Å². The van der Waals surface area contributed by atoms with E-state index in [1.165, 1.54) is 30.0 Å². The van der Waals surface area contributed by atoms with Crippen LogP contribution in [0.25, 0.3) is 11.0 Å². The van der Waals surface area contributed by atoms with E-state index in [4.69, 9.17) is 4.98 Å². The zero-order valence-electron chi connectivity index (χ0n) is 12.8. The van der Waals surface area contributed by atoms with Gasteiger partial charge in [0.05, 0.1) is 6.20 Å². The van der Waals surface area contributed by atoms with Crippen LogP contribution in [0.15, 0.2) is 35.8 Å². The highest BCUT2D eigenvalue weighted by molar-refractivity contribution is 7.09. The molecule has 4 heterocycles. The van der Waals surface area contributed by atoms with Gasteiger partial charge in [-0.15, -0.1) is 11.3 Å². The molecule has 0 amide bonds. The zero-order chi connectivity index (χ0) is 14.9. The van der Waals surface area contributed by atoms with Crippen LogP contribution in [-0.4, -0.2) is 32.8 Å². The first-order valence-electron chi connectivity index (χ1n) is 7.83. The molecular formula is C17H20N4S. The Kier molecular flexibility index (Phi) is 3.68. The molecule has 1 atom stereocenters. The zero-order valence-corrected chi connectivity index (χ0v) is 13.6. The summed E-state index contributed by atoms with van der Waals surface area (Å²) < 4.78 is 1.87. The number of pyridine rings is 1. The molecule has 4 rings (SSSR count). The van der Waals surface area contributed by atoms with E-state index in [1.807, 2.05) is 29.3 Å². The maximum atomic E-state index is 4.87. The number of fused-ring (bicyclic) bond motifs is 1. The topological polar surface area (TPSA) is 34.0 Å². The lowest BCUT2D eigenvalue weighted by Crippen LogP contribution is -2.34. The van der Waals surface area contributed by atoms with Gasteiger partial charge in [0.1, 0.15) is 0 Å². The van der Waals surface area contributed by atoms with Crippen molar-refractivity contribution in [3.63, 3.8) is 0 Å². The quantitative estimate of drug-likeness (QED) is 0.743. The Hall–Kier alpha value is -1.72. The number of aromatic nitrogens is 3. The molecule has 0 bridgehead atoms. The van der Waals surface area contributed by atoms with E-state index in [0.717, 1.165) is 24.1 Å².